The summed E-state index contributed by atoms with van der Waals surface area (Å²) < 4.78 is 0. The van der Waals surface area contributed by atoms with Gasteiger partial charge in [0.05, 0.1) is 6.04 Å². The number of urea groups is 1. The minimum Gasteiger partial charge on any atom is -0.368 e. The van der Waals surface area contributed by atoms with Crippen LogP contribution in [0.25, 0.3) is 0 Å². The molecule has 1 atom stereocenters. The van der Waals surface area contributed by atoms with Gasteiger partial charge < -0.3 is 15.1 Å². The van der Waals surface area contributed by atoms with Gasteiger partial charge in [-0.25, -0.2) is 4.79 Å². The highest BCUT2D eigenvalue weighted by Crippen LogP contribution is 2.29. The van der Waals surface area contributed by atoms with Crippen LogP contribution in [0.15, 0.2) is 54.6 Å². The van der Waals surface area contributed by atoms with E-state index >= 15 is 0 Å². The zero-order valence-electron chi connectivity index (χ0n) is 17.6. The second kappa shape index (κ2) is 8.68. The van der Waals surface area contributed by atoms with E-state index in [0.29, 0.717) is 0 Å². The Labute approximate surface area is 169 Å². The summed E-state index contributed by atoms with van der Waals surface area (Å²) in [5.74, 6) is 0. The number of carbonyl (C=O) groups excluding carboxylic acids is 1. The zero-order valence-corrected chi connectivity index (χ0v) is 17.6. The number of carbonyl (C=O) groups is 1. The van der Waals surface area contributed by atoms with Crippen LogP contribution in [0.2, 0.25) is 0 Å². The third-order valence-corrected chi connectivity index (χ3v) is 5.25. The minimum absolute atomic E-state index is 0.0310. The smallest absolute Gasteiger partial charge is 0.318 e. The van der Waals surface area contributed by atoms with Gasteiger partial charge in [-0.3, -0.25) is 0 Å². The van der Waals surface area contributed by atoms with E-state index in [-0.39, 0.29) is 17.5 Å². The van der Waals surface area contributed by atoms with Crippen LogP contribution in [0.3, 0.4) is 0 Å². The predicted octanol–water partition coefficient (Wildman–Crippen LogP) is 5.00. The third kappa shape index (κ3) is 5.51. The minimum atomic E-state index is 0.0310. The van der Waals surface area contributed by atoms with Crippen molar-refractivity contribution in [1.82, 2.24) is 10.2 Å². The standard InChI is InChI=1S/C24H33N3O/c1-19-9-8-12-21(17-19)26-13-15-27(16-14-26)23(28)25-22(18-24(2,3)4)20-10-6-5-7-11-20/h5-12,17,22H,13-16,18H2,1-4H3,(H,25,28). The first-order chi connectivity index (χ1) is 13.3. The molecular formula is C24H33N3O. The van der Waals surface area contributed by atoms with Crippen LogP contribution in [-0.2, 0) is 0 Å². The van der Waals surface area contributed by atoms with E-state index in [9.17, 15) is 4.79 Å². The molecule has 2 amide bonds. The van der Waals surface area contributed by atoms with Crippen molar-refractivity contribution in [2.75, 3.05) is 31.1 Å². The molecule has 0 bridgehead atoms. The highest BCUT2D eigenvalue weighted by molar-refractivity contribution is 5.75. The quantitative estimate of drug-likeness (QED) is 0.811. The normalized spacial score (nSPS) is 16.0. The number of benzene rings is 2. The molecule has 0 aromatic heterocycles. The maximum Gasteiger partial charge on any atom is 0.318 e. The number of rotatable bonds is 4. The van der Waals surface area contributed by atoms with Gasteiger partial charge in [0.1, 0.15) is 0 Å². The lowest BCUT2D eigenvalue weighted by Crippen LogP contribution is -2.52. The number of nitrogens with one attached hydrogen (secondary N) is 1. The number of aryl methyl sites for hydroxylation is 1. The van der Waals surface area contributed by atoms with Crippen molar-refractivity contribution >= 4 is 11.7 Å². The molecule has 0 radical (unpaired) electrons. The van der Waals surface area contributed by atoms with Crippen LogP contribution in [0, 0.1) is 12.3 Å². The summed E-state index contributed by atoms with van der Waals surface area (Å²) in [4.78, 5) is 17.3. The van der Waals surface area contributed by atoms with Gasteiger partial charge in [-0.05, 0) is 42.0 Å². The molecule has 0 spiro atoms. The summed E-state index contributed by atoms with van der Waals surface area (Å²) in [6, 6.07) is 19.0. The molecule has 0 aliphatic carbocycles. The molecule has 1 aliphatic rings. The Balaban J connectivity index is 1.61. The second-order valence-corrected chi connectivity index (χ2v) is 8.99. The molecule has 4 heteroatoms. The predicted molar refractivity (Wildman–Crippen MR) is 117 cm³/mol. The summed E-state index contributed by atoms with van der Waals surface area (Å²) in [6.45, 7) is 12.0. The Hall–Kier alpha value is -2.49. The van der Waals surface area contributed by atoms with E-state index in [1.54, 1.807) is 0 Å². The van der Waals surface area contributed by atoms with Crippen molar-refractivity contribution in [2.45, 2.75) is 40.2 Å². The molecular weight excluding hydrogens is 346 g/mol. The fourth-order valence-electron chi connectivity index (χ4n) is 3.78. The molecule has 1 aliphatic heterocycles. The molecule has 28 heavy (non-hydrogen) atoms. The van der Waals surface area contributed by atoms with Gasteiger partial charge in [-0.2, -0.15) is 0 Å². The van der Waals surface area contributed by atoms with E-state index in [4.69, 9.17) is 0 Å². The van der Waals surface area contributed by atoms with Gasteiger partial charge in [0, 0.05) is 31.9 Å². The fraction of sp³-hybridized carbons (Fsp3) is 0.458. The van der Waals surface area contributed by atoms with Gasteiger partial charge in [-0.15, -0.1) is 0 Å². The van der Waals surface area contributed by atoms with Gasteiger partial charge >= 0.3 is 6.03 Å². The van der Waals surface area contributed by atoms with Crippen LogP contribution >= 0.6 is 0 Å². The van der Waals surface area contributed by atoms with Crippen LogP contribution in [0.4, 0.5) is 10.5 Å². The van der Waals surface area contributed by atoms with Crippen molar-refractivity contribution in [3.05, 3.63) is 65.7 Å². The van der Waals surface area contributed by atoms with Crippen LogP contribution in [-0.4, -0.2) is 37.1 Å². The summed E-state index contributed by atoms with van der Waals surface area (Å²) in [5.41, 5.74) is 3.82. The average Bonchev–Trinajstić information content (AvgIpc) is 2.67. The first-order valence-corrected chi connectivity index (χ1v) is 10.2. The molecule has 1 heterocycles. The van der Waals surface area contributed by atoms with Gasteiger partial charge in [0.2, 0.25) is 0 Å². The first kappa shape index (κ1) is 20.2. The van der Waals surface area contributed by atoms with Crippen LogP contribution < -0.4 is 10.2 Å². The number of piperazine rings is 1. The molecule has 4 nitrogen and oxygen atoms in total. The number of hydrogen-bond donors (Lipinski definition) is 1. The van der Waals surface area contributed by atoms with Crippen molar-refractivity contribution in [2.24, 2.45) is 5.41 Å². The second-order valence-electron chi connectivity index (χ2n) is 8.99. The summed E-state index contributed by atoms with van der Waals surface area (Å²) in [6.07, 6.45) is 0.909. The van der Waals surface area contributed by atoms with Crippen molar-refractivity contribution in [3.63, 3.8) is 0 Å². The fourth-order valence-corrected chi connectivity index (χ4v) is 3.78. The summed E-state index contributed by atoms with van der Waals surface area (Å²) in [5, 5.41) is 3.29. The molecule has 3 rings (SSSR count). The number of nitrogens with zero attached hydrogens (tertiary/aromatic N) is 2. The molecule has 2 aromatic carbocycles. The zero-order chi connectivity index (χ0) is 20.1. The maximum absolute atomic E-state index is 13.0. The maximum atomic E-state index is 13.0. The average molecular weight is 380 g/mol. The van der Waals surface area contributed by atoms with Crippen molar-refractivity contribution in [3.8, 4) is 0 Å². The van der Waals surface area contributed by atoms with Gasteiger partial charge in [0.15, 0.2) is 0 Å². The number of anilines is 1. The lowest BCUT2D eigenvalue weighted by Gasteiger charge is -2.37. The first-order valence-electron chi connectivity index (χ1n) is 10.2. The van der Waals surface area contributed by atoms with Gasteiger partial charge in [0.25, 0.3) is 0 Å². The number of amides is 2. The molecule has 1 N–H and O–H groups in total. The Morgan fingerprint density at radius 2 is 1.68 bits per heavy atom. The molecule has 1 saturated heterocycles. The topological polar surface area (TPSA) is 35.6 Å². The summed E-state index contributed by atoms with van der Waals surface area (Å²) in [7, 11) is 0. The SMILES string of the molecule is Cc1cccc(N2CCN(C(=O)NC(CC(C)(C)C)c3ccccc3)CC2)c1. The highest BCUT2D eigenvalue weighted by Gasteiger charge is 2.26. The molecule has 2 aromatic rings. The van der Waals surface area contributed by atoms with E-state index in [1.807, 2.05) is 23.1 Å². The lowest BCUT2D eigenvalue weighted by atomic mass is 9.85. The molecule has 150 valence electrons. The third-order valence-electron chi connectivity index (χ3n) is 5.25. The Morgan fingerprint density at radius 3 is 2.29 bits per heavy atom. The highest BCUT2D eigenvalue weighted by atomic mass is 16.2. The number of hydrogen-bond acceptors (Lipinski definition) is 2. The molecule has 1 fully saturated rings. The Kier molecular flexibility index (Phi) is 6.28. The molecule has 0 saturated carbocycles. The van der Waals surface area contributed by atoms with Crippen molar-refractivity contribution < 1.29 is 4.79 Å². The Morgan fingerprint density at radius 1 is 1.00 bits per heavy atom. The van der Waals surface area contributed by atoms with Gasteiger partial charge in [-0.1, -0.05) is 63.2 Å². The Bertz CT molecular complexity index is 774. The van der Waals surface area contributed by atoms with Crippen LogP contribution in [0.5, 0.6) is 0 Å². The monoisotopic (exact) mass is 379 g/mol. The molecule has 1 unspecified atom stereocenters. The van der Waals surface area contributed by atoms with Crippen LogP contribution in [0.1, 0.15) is 44.4 Å². The lowest BCUT2D eigenvalue weighted by molar-refractivity contribution is 0.185. The van der Waals surface area contributed by atoms with E-state index in [2.05, 4.69) is 74.3 Å². The summed E-state index contributed by atoms with van der Waals surface area (Å²) >= 11 is 0. The van der Waals surface area contributed by atoms with Crippen molar-refractivity contribution in [1.29, 1.82) is 0 Å². The van der Waals surface area contributed by atoms with E-state index < -0.39 is 0 Å². The van der Waals surface area contributed by atoms with E-state index in [1.165, 1.54) is 16.8 Å². The van der Waals surface area contributed by atoms with E-state index in [0.717, 1.165) is 32.6 Å². The largest absolute Gasteiger partial charge is 0.368 e.